The summed E-state index contributed by atoms with van der Waals surface area (Å²) in [5, 5.41) is 16.0. The van der Waals surface area contributed by atoms with Gasteiger partial charge in [-0.15, -0.1) is 11.3 Å². The minimum Gasteiger partial charge on any atom is -0.379 e. The maximum Gasteiger partial charge on any atom is 0.293 e. The van der Waals surface area contributed by atoms with E-state index in [9.17, 15) is 14.9 Å². The van der Waals surface area contributed by atoms with Gasteiger partial charge in [0, 0.05) is 23.1 Å². The lowest BCUT2D eigenvalue weighted by atomic mass is 10.2. The van der Waals surface area contributed by atoms with Crippen LogP contribution in [0.25, 0.3) is 0 Å². The minimum atomic E-state index is -0.486. The van der Waals surface area contributed by atoms with Crippen LogP contribution in [0.5, 0.6) is 0 Å². The summed E-state index contributed by atoms with van der Waals surface area (Å²) in [5.74, 6) is 0. The highest BCUT2D eigenvalue weighted by molar-refractivity contribution is 7.09. The van der Waals surface area contributed by atoms with E-state index in [2.05, 4.69) is 5.32 Å². The predicted octanol–water partition coefficient (Wildman–Crippen LogP) is 3.12. The van der Waals surface area contributed by atoms with E-state index >= 15 is 0 Å². The Kier molecular flexibility index (Phi) is 4.25. The first-order valence-corrected chi connectivity index (χ1v) is 6.58. The molecule has 0 saturated carbocycles. The highest BCUT2D eigenvalue weighted by atomic mass is 32.1. The molecule has 0 amide bonds. The molecule has 19 heavy (non-hydrogen) atoms. The van der Waals surface area contributed by atoms with Gasteiger partial charge in [0.1, 0.15) is 12.0 Å². The quantitative estimate of drug-likeness (QED) is 0.500. The van der Waals surface area contributed by atoms with Crippen LogP contribution in [-0.4, -0.2) is 17.8 Å². The second-order valence-electron chi connectivity index (χ2n) is 3.91. The van der Waals surface area contributed by atoms with Gasteiger partial charge in [-0.25, -0.2) is 0 Å². The van der Waals surface area contributed by atoms with Crippen molar-refractivity contribution in [3.63, 3.8) is 0 Å². The standard InChI is InChI=1S/C13H12N2O3S/c16-9-10-3-4-12(13(8-10)15(17)18)14-6-5-11-2-1-7-19-11/h1-4,7-9,14H,5-6H2. The van der Waals surface area contributed by atoms with Crippen LogP contribution in [0, 0.1) is 10.1 Å². The SMILES string of the molecule is O=Cc1ccc(NCCc2cccs2)c([N+](=O)[O-])c1. The molecule has 0 bridgehead atoms. The molecule has 0 aliphatic heterocycles. The first-order chi connectivity index (χ1) is 9.20. The molecule has 0 unspecified atom stereocenters. The molecule has 0 fully saturated rings. The zero-order chi connectivity index (χ0) is 13.7. The number of hydrogen-bond donors (Lipinski definition) is 1. The third-order valence-electron chi connectivity index (χ3n) is 2.62. The van der Waals surface area contributed by atoms with Crippen LogP contribution in [-0.2, 0) is 6.42 Å². The fraction of sp³-hybridized carbons (Fsp3) is 0.154. The third-order valence-corrected chi connectivity index (χ3v) is 3.56. The van der Waals surface area contributed by atoms with Crippen LogP contribution in [0.2, 0.25) is 0 Å². The summed E-state index contributed by atoms with van der Waals surface area (Å²) >= 11 is 1.65. The Morgan fingerprint density at radius 2 is 2.21 bits per heavy atom. The fourth-order valence-electron chi connectivity index (χ4n) is 1.70. The Bertz CT molecular complexity index is 582. The van der Waals surface area contributed by atoms with Crippen LogP contribution in [0.4, 0.5) is 11.4 Å². The topological polar surface area (TPSA) is 72.2 Å². The van der Waals surface area contributed by atoms with Crippen LogP contribution in [0.3, 0.4) is 0 Å². The second kappa shape index (κ2) is 6.10. The lowest BCUT2D eigenvalue weighted by molar-refractivity contribution is -0.384. The summed E-state index contributed by atoms with van der Waals surface area (Å²) < 4.78 is 0. The number of hydrogen-bond acceptors (Lipinski definition) is 5. The van der Waals surface area contributed by atoms with E-state index in [0.29, 0.717) is 24.1 Å². The second-order valence-corrected chi connectivity index (χ2v) is 4.94. The summed E-state index contributed by atoms with van der Waals surface area (Å²) in [6.07, 6.45) is 1.41. The third kappa shape index (κ3) is 3.38. The van der Waals surface area contributed by atoms with Crippen molar-refractivity contribution in [1.29, 1.82) is 0 Å². The zero-order valence-corrected chi connectivity index (χ0v) is 10.9. The van der Waals surface area contributed by atoms with Gasteiger partial charge in [0.05, 0.1) is 4.92 Å². The molecule has 0 aliphatic rings. The van der Waals surface area contributed by atoms with Gasteiger partial charge in [0.25, 0.3) is 5.69 Å². The molecule has 2 aromatic rings. The molecule has 0 radical (unpaired) electrons. The van der Waals surface area contributed by atoms with Gasteiger partial charge in [-0.3, -0.25) is 14.9 Å². The van der Waals surface area contributed by atoms with Crippen LogP contribution in [0.15, 0.2) is 35.7 Å². The Morgan fingerprint density at radius 1 is 1.37 bits per heavy atom. The Balaban J connectivity index is 2.06. The highest BCUT2D eigenvalue weighted by Gasteiger charge is 2.14. The number of nitro benzene ring substituents is 1. The molecule has 6 heteroatoms. The summed E-state index contributed by atoms with van der Waals surface area (Å²) in [4.78, 5) is 22.3. The Labute approximate surface area is 114 Å². The summed E-state index contributed by atoms with van der Waals surface area (Å²) in [6.45, 7) is 0.613. The molecule has 1 aromatic carbocycles. The number of thiophene rings is 1. The van der Waals surface area contributed by atoms with Crippen molar-refractivity contribution < 1.29 is 9.72 Å². The van der Waals surface area contributed by atoms with Crippen LogP contribution >= 0.6 is 11.3 Å². The van der Waals surface area contributed by atoms with Crippen molar-refractivity contribution in [2.45, 2.75) is 6.42 Å². The maximum atomic E-state index is 10.9. The first kappa shape index (κ1) is 13.2. The van der Waals surface area contributed by atoms with E-state index in [1.807, 2.05) is 17.5 Å². The van der Waals surface area contributed by atoms with Crippen molar-refractivity contribution in [3.05, 3.63) is 56.3 Å². The number of rotatable bonds is 6. The molecule has 0 spiro atoms. The number of anilines is 1. The summed E-state index contributed by atoms with van der Waals surface area (Å²) in [6, 6.07) is 8.40. The van der Waals surface area contributed by atoms with Crippen molar-refractivity contribution in [2.24, 2.45) is 0 Å². The van der Waals surface area contributed by atoms with Gasteiger partial charge in [-0.2, -0.15) is 0 Å². The summed E-state index contributed by atoms with van der Waals surface area (Å²) in [7, 11) is 0. The molecular formula is C13H12N2O3S. The molecule has 0 atom stereocenters. The van der Waals surface area contributed by atoms with Crippen LogP contribution in [0.1, 0.15) is 15.2 Å². The number of carbonyl (C=O) groups is 1. The van der Waals surface area contributed by atoms with Crippen molar-refractivity contribution in [2.75, 3.05) is 11.9 Å². The Hall–Kier alpha value is -2.21. The number of nitro groups is 1. The average Bonchev–Trinajstić information content (AvgIpc) is 2.92. The maximum absolute atomic E-state index is 10.9. The van der Waals surface area contributed by atoms with E-state index in [4.69, 9.17) is 0 Å². The molecule has 2 rings (SSSR count). The Morgan fingerprint density at radius 3 is 2.84 bits per heavy atom. The molecule has 1 heterocycles. The van der Waals surface area contributed by atoms with E-state index in [1.165, 1.54) is 10.9 Å². The molecule has 98 valence electrons. The van der Waals surface area contributed by atoms with Gasteiger partial charge in [0.2, 0.25) is 0 Å². The van der Waals surface area contributed by atoms with E-state index < -0.39 is 4.92 Å². The normalized spacial score (nSPS) is 10.1. The molecular weight excluding hydrogens is 264 g/mol. The first-order valence-electron chi connectivity index (χ1n) is 5.70. The molecule has 0 aliphatic carbocycles. The number of benzene rings is 1. The van der Waals surface area contributed by atoms with E-state index in [-0.39, 0.29) is 5.69 Å². The van der Waals surface area contributed by atoms with Crippen molar-refractivity contribution in [1.82, 2.24) is 0 Å². The minimum absolute atomic E-state index is 0.0734. The lowest BCUT2D eigenvalue weighted by Gasteiger charge is -2.06. The largest absolute Gasteiger partial charge is 0.379 e. The summed E-state index contributed by atoms with van der Waals surface area (Å²) in [5.41, 5.74) is 0.665. The van der Waals surface area contributed by atoms with Gasteiger partial charge in [-0.05, 0) is 30.0 Å². The monoisotopic (exact) mass is 276 g/mol. The number of carbonyl (C=O) groups excluding carboxylic acids is 1. The van der Waals surface area contributed by atoms with Gasteiger partial charge >= 0.3 is 0 Å². The van der Waals surface area contributed by atoms with E-state index in [0.717, 1.165) is 6.42 Å². The molecule has 1 N–H and O–H groups in total. The number of nitrogens with one attached hydrogen (secondary N) is 1. The van der Waals surface area contributed by atoms with Gasteiger partial charge < -0.3 is 5.32 Å². The molecule has 5 nitrogen and oxygen atoms in total. The smallest absolute Gasteiger partial charge is 0.293 e. The molecule has 0 saturated heterocycles. The van der Waals surface area contributed by atoms with Crippen LogP contribution < -0.4 is 5.32 Å². The fourth-order valence-corrected chi connectivity index (χ4v) is 2.41. The van der Waals surface area contributed by atoms with Crippen molar-refractivity contribution in [3.8, 4) is 0 Å². The lowest BCUT2D eigenvalue weighted by Crippen LogP contribution is -2.06. The number of aldehydes is 1. The zero-order valence-electron chi connectivity index (χ0n) is 10.0. The van der Waals surface area contributed by atoms with Crippen molar-refractivity contribution >= 4 is 29.0 Å². The number of nitrogens with zero attached hydrogens (tertiary/aromatic N) is 1. The molecule has 1 aromatic heterocycles. The predicted molar refractivity (Wildman–Crippen MR) is 75.0 cm³/mol. The highest BCUT2D eigenvalue weighted by Crippen LogP contribution is 2.25. The average molecular weight is 276 g/mol. The van der Waals surface area contributed by atoms with Gasteiger partial charge in [0.15, 0.2) is 0 Å². The van der Waals surface area contributed by atoms with Gasteiger partial charge in [-0.1, -0.05) is 6.07 Å². The van der Waals surface area contributed by atoms with E-state index in [1.54, 1.807) is 23.5 Å².